The molecule has 1 saturated heterocycles. The lowest BCUT2D eigenvalue weighted by atomic mass is 9.94. The second-order valence-corrected chi connectivity index (χ2v) is 6.25. The van der Waals surface area contributed by atoms with Gasteiger partial charge in [-0.3, -0.25) is 9.98 Å². The molecule has 0 bridgehead atoms. The average molecular weight is 318 g/mol. The van der Waals surface area contributed by atoms with Crippen molar-refractivity contribution in [3.8, 4) is 0 Å². The number of ether oxygens (including phenoxy) is 2. The number of rotatable bonds is 5. The van der Waals surface area contributed by atoms with Gasteiger partial charge in [-0.25, -0.2) is 0 Å². The van der Waals surface area contributed by atoms with Crippen molar-refractivity contribution in [3.63, 3.8) is 0 Å². The van der Waals surface area contributed by atoms with Crippen molar-refractivity contribution in [2.75, 3.05) is 19.7 Å². The van der Waals surface area contributed by atoms with E-state index in [2.05, 4.69) is 15.3 Å². The molecule has 2 heterocycles. The molecule has 3 rings (SSSR count). The molecule has 0 aromatic carbocycles. The number of hydrogen-bond donors (Lipinski definition) is 2. The molecule has 1 aliphatic carbocycles. The smallest absolute Gasteiger partial charge is 0.188 e. The fourth-order valence-electron chi connectivity index (χ4n) is 3.18. The quantitative estimate of drug-likeness (QED) is 0.636. The molecule has 23 heavy (non-hydrogen) atoms. The summed E-state index contributed by atoms with van der Waals surface area (Å²) in [5.74, 6) is 0.119. The minimum Gasteiger partial charge on any atom is -0.370 e. The Kier molecular flexibility index (Phi) is 5.46. The number of aliphatic imine (C=N–C) groups is 1. The summed E-state index contributed by atoms with van der Waals surface area (Å²) >= 11 is 0. The van der Waals surface area contributed by atoms with Crippen LogP contribution in [0.2, 0.25) is 0 Å². The van der Waals surface area contributed by atoms with E-state index < -0.39 is 0 Å². The first-order chi connectivity index (χ1) is 11.3. The van der Waals surface area contributed by atoms with Gasteiger partial charge in [0.05, 0.1) is 13.2 Å². The van der Waals surface area contributed by atoms with Crippen LogP contribution in [-0.2, 0) is 15.9 Å². The van der Waals surface area contributed by atoms with Crippen LogP contribution in [0.1, 0.15) is 37.8 Å². The maximum Gasteiger partial charge on any atom is 0.188 e. The third kappa shape index (κ3) is 4.65. The summed E-state index contributed by atoms with van der Waals surface area (Å²) in [4.78, 5) is 8.65. The molecule has 1 unspecified atom stereocenters. The third-order valence-electron chi connectivity index (χ3n) is 4.41. The van der Waals surface area contributed by atoms with Gasteiger partial charge in [-0.2, -0.15) is 0 Å². The van der Waals surface area contributed by atoms with Crippen molar-refractivity contribution in [3.05, 3.63) is 30.1 Å². The number of pyridine rings is 1. The predicted octanol–water partition coefficient (Wildman–Crippen LogP) is 1.60. The van der Waals surface area contributed by atoms with Crippen molar-refractivity contribution >= 4 is 5.96 Å². The fraction of sp³-hybridized carbons (Fsp3) is 0.647. The number of hydrogen-bond acceptors (Lipinski definition) is 4. The molecule has 1 spiro atoms. The van der Waals surface area contributed by atoms with E-state index in [1.165, 1.54) is 19.3 Å². The summed E-state index contributed by atoms with van der Waals surface area (Å²) in [5, 5.41) is 3.12. The van der Waals surface area contributed by atoms with Gasteiger partial charge in [0.2, 0.25) is 0 Å². The van der Waals surface area contributed by atoms with Gasteiger partial charge in [0, 0.05) is 37.7 Å². The van der Waals surface area contributed by atoms with E-state index in [1.807, 2.05) is 18.2 Å². The number of nitrogens with zero attached hydrogens (tertiary/aromatic N) is 2. The molecule has 6 nitrogen and oxygen atoms in total. The molecule has 0 radical (unpaired) electrons. The Morgan fingerprint density at radius 3 is 3.00 bits per heavy atom. The van der Waals surface area contributed by atoms with Crippen LogP contribution in [0.4, 0.5) is 0 Å². The summed E-state index contributed by atoms with van der Waals surface area (Å²) in [6, 6.07) is 5.90. The number of guanidine groups is 1. The van der Waals surface area contributed by atoms with Crippen molar-refractivity contribution in [1.29, 1.82) is 0 Å². The summed E-state index contributed by atoms with van der Waals surface area (Å²) in [6.45, 7) is 1.88. The first-order valence-corrected chi connectivity index (χ1v) is 8.51. The Labute approximate surface area is 137 Å². The molecule has 2 fully saturated rings. The zero-order chi connectivity index (χ0) is 16.0. The number of nitrogens with one attached hydrogen (secondary N) is 1. The lowest BCUT2D eigenvalue weighted by Gasteiger charge is -2.31. The average Bonchev–Trinajstić information content (AvgIpc) is 2.97. The van der Waals surface area contributed by atoms with E-state index in [4.69, 9.17) is 15.2 Å². The highest BCUT2D eigenvalue weighted by atomic mass is 16.7. The molecule has 0 amide bonds. The Morgan fingerprint density at radius 2 is 2.22 bits per heavy atom. The molecule has 126 valence electrons. The Bertz CT molecular complexity index is 515. The van der Waals surface area contributed by atoms with Crippen LogP contribution in [0.15, 0.2) is 29.4 Å². The molecular formula is C17H26N4O2. The van der Waals surface area contributed by atoms with Crippen LogP contribution in [0.3, 0.4) is 0 Å². The van der Waals surface area contributed by atoms with Crippen molar-refractivity contribution in [2.45, 2.75) is 50.4 Å². The van der Waals surface area contributed by atoms with Crippen LogP contribution in [0.5, 0.6) is 0 Å². The highest BCUT2D eigenvalue weighted by Crippen LogP contribution is 2.37. The first-order valence-electron chi connectivity index (χ1n) is 8.51. The van der Waals surface area contributed by atoms with Gasteiger partial charge in [-0.1, -0.05) is 12.5 Å². The summed E-state index contributed by atoms with van der Waals surface area (Å²) < 4.78 is 12.0. The Balaban J connectivity index is 1.38. The summed E-state index contributed by atoms with van der Waals surface area (Å²) in [6.07, 6.45) is 8.30. The molecule has 1 saturated carbocycles. The topological polar surface area (TPSA) is 81.8 Å². The number of aromatic nitrogens is 1. The van der Waals surface area contributed by atoms with E-state index in [0.717, 1.165) is 31.5 Å². The molecule has 2 aliphatic rings. The summed E-state index contributed by atoms with van der Waals surface area (Å²) in [7, 11) is 0. The van der Waals surface area contributed by atoms with Gasteiger partial charge >= 0.3 is 0 Å². The van der Waals surface area contributed by atoms with Gasteiger partial charge < -0.3 is 20.5 Å². The molecule has 1 atom stereocenters. The van der Waals surface area contributed by atoms with Crippen LogP contribution in [-0.4, -0.2) is 42.5 Å². The largest absolute Gasteiger partial charge is 0.370 e. The van der Waals surface area contributed by atoms with Crippen LogP contribution < -0.4 is 11.1 Å². The molecule has 1 aliphatic heterocycles. The second kappa shape index (κ2) is 7.75. The van der Waals surface area contributed by atoms with Crippen LogP contribution in [0.25, 0.3) is 0 Å². The van der Waals surface area contributed by atoms with Crippen molar-refractivity contribution < 1.29 is 9.47 Å². The van der Waals surface area contributed by atoms with Gasteiger partial charge in [0.1, 0.15) is 6.10 Å². The second-order valence-electron chi connectivity index (χ2n) is 6.25. The van der Waals surface area contributed by atoms with E-state index >= 15 is 0 Å². The maximum absolute atomic E-state index is 6.09. The minimum atomic E-state index is -0.334. The highest BCUT2D eigenvalue weighted by Gasteiger charge is 2.41. The summed E-state index contributed by atoms with van der Waals surface area (Å²) in [5.41, 5.74) is 6.95. The lowest BCUT2D eigenvalue weighted by molar-refractivity contribution is -0.186. The minimum absolute atomic E-state index is 0.0178. The zero-order valence-corrected chi connectivity index (χ0v) is 13.5. The molecule has 3 N–H and O–H groups in total. The third-order valence-corrected chi connectivity index (χ3v) is 4.41. The van der Waals surface area contributed by atoms with E-state index in [0.29, 0.717) is 19.1 Å². The van der Waals surface area contributed by atoms with Crippen LogP contribution in [0, 0.1) is 0 Å². The molecule has 6 heteroatoms. The highest BCUT2D eigenvalue weighted by molar-refractivity contribution is 5.77. The zero-order valence-electron chi connectivity index (χ0n) is 13.5. The standard InChI is InChI=1S/C17H26N4O2/c18-16(20-11-7-14-6-2-5-10-19-14)21-12-15-13-22-17(23-15)8-3-1-4-9-17/h2,5-6,10,15H,1,3-4,7-9,11-13H2,(H3,18,20,21). The van der Waals surface area contributed by atoms with E-state index in [1.54, 1.807) is 6.20 Å². The van der Waals surface area contributed by atoms with Gasteiger partial charge in [-0.15, -0.1) is 0 Å². The normalized spacial score (nSPS) is 24.0. The van der Waals surface area contributed by atoms with E-state index in [9.17, 15) is 0 Å². The first kappa shape index (κ1) is 16.2. The van der Waals surface area contributed by atoms with Crippen LogP contribution >= 0.6 is 0 Å². The Hall–Kier alpha value is -1.66. The van der Waals surface area contributed by atoms with Crippen molar-refractivity contribution in [1.82, 2.24) is 10.3 Å². The van der Waals surface area contributed by atoms with Crippen molar-refractivity contribution in [2.24, 2.45) is 10.7 Å². The molecule has 1 aromatic rings. The molecular weight excluding hydrogens is 292 g/mol. The predicted molar refractivity (Wildman–Crippen MR) is 89.1 cm³/mol. The SMILES string of the molecule is NC(=NCC1COC2(CCCCC2)O1)NCCc1ccccn1. The van der Waals surface area contributed by atoms with Gasteiger partial charge in [0.25, 0.3) is 0 Å². The Morgan fingerprint density at radius 1 is 1.35 bits per heavy atom. The monoisotopic (exact) mass is 318 g/mol. The fourth-order valence-corrected chi connectivity index (χ4v) is 3.18. The van der Waals surface area contributed by atoms with E-state index in [-0.39, 0.29) is 11.9 Å². The van der Waals surface area contributed by atoms with Gasteiger partial charge in [-0.05, 0) is 25.0 Å². The lowest BCUT2D eigenvalue weighted by Crippen LogP contribution is -2.35. The maximum atomic E-state index is 6.09. The molecule has 1 aromatic heterocycles. The number of nitrogens with two attached hydrogens (primary N) is 1. The van der Waals surface area contributed by atoms with Gasteiger partial charge in [0.15, 0.2) is 11.7 Å².